The van der Waals surface area contributed by atoms with Gasteiger partial charge < -0.3 is 19.0 Å². The molecular formula is C21H19N3O6. The SMILES string of the molecule is O=C(COc1ccc2ccc(=O)oc2c1)N1CCN(c2ccccc2[N+](=O)[O-])CC1. The molecule has 0 atom stereocenters. The zero-order valence-corrected chi connectivity index (χ0v) is 16.0. The minimum Gasteiger partial charge on any atom is -0.484 e. The van der Waals surface area contributed by atoms with Gasteiger partial charge in [-0.1, -0.05) is 12.1 Å². The van der Waals surface area contributed by atoms with Gasteiger partial charge in [0.2, 0.25) is 0 Å². The fraction of sp³-hybridized carbons (Fsp3) is 0.238. The smallest absolute Gasteiger partial charge is 0.336 e. The first-order valence-electron chi connectivity index (χ1n) is 9.44. The van der Waals surface area contributed by atoms with E-state index in [0.717, 1.165) is 5.39 Å². The van der Waals surface area contributed by atoms with Crippen LogP contribution in [-0.4, -0.2) is 48.5 Å². The van der Waals surface area contributed by atoms with Crippen LogP contribution in [0.2, 0.25) is 0 Å². The number of nitrogens with zero attached hydrogens (tertiary/aromatic N) is 3. The Labute approximate surface area is 171 Å². The molecule has 9 heteroatoms. The second-order valence-electron chi connectivity index (χ2n) is 6.86. The van der Waals surface area contributed by atoms with Crippen LogP contribution < -0.4 is 15.3 Å². The molecule has 9 nitrogen and oxygen atoms in total. The second kappa shape index (κ2) is 8.24. The standard InChI is InChI=1S/C21H19N3O6/c25-20(14-29-16-7-5-15-6-8-21(26)30-19(15)13-16)23-11-9-22(10-12-23)17-3-1-2-4-18(17)24(27)28/h1-8,13H,9-12,14H2. The van der Waals surface area contributed by atoms with Crippen molar-refractivity contribution in [3.05, 3.63) is 75.1 Å². The number of rotatable bonds is 5. The molecule has 0 radical (unpaired) electrons. The Morgan fingerprint density at radius 1 is 1.07 bits per heavy atom. The summed E-state index contributed by atoms with van der Waals surface area (Å²) in [5, 5.41) is 12.0. The van der Waals surface area contributed by atoms with Crippen LogP contribution in [0, 0.1) is 10.1 Å². The van der Waals surface area contributed by atoms with Crippen molar-refractivity contribution >= 4 is 28.3 Å². The van der Waals surface area contributed by atoms with Gasteiger partial charge >= 0.3 is 5.63 Å². The molecule has 1 fully saturated rings. The molecule has 1 saturated heterocycles. The van der Waals surface area contributed by atoms with E-state index < -0.39 is 10.5 Å². The predicted octanol–water partition coefficient (Wildman–Crippen LogP) is 2.43. The minimum absolute atomic E-state index is 0.0589. The third-order valence-corrected chi connectivity index (χ3v) is 5.01. The maximum absolute atomic E-state index is 12.5. The topological polar surface area (TPSA) is 106 Å². The van der Waals surface area contributed by atoms with Crippen LogP contribution in [0.25, 0.3) is 11.0 Å². The van der Waals surface area contributed by atoms with Gasteiger partial charge in [-0.2, -0.15) is 0 Å². The molecule has 0 saturated carbocycles. The number of nitro groups is 1. The van der Waals surface area contributed by atoms with Crippen LogP contribution in [0.3, 0.4) is 0 Å². The highest BCUT2D eigenvalue weighted by molar-refractivity contribution is 5.79. The molecule has 30 heavy (non-hydrogen) atoms. The summed E-state index contributed by atoms with van der Waals surface area (Å²) in [5.41, 5.74) is 0.560. The highest BCUT2D eigenvalue weighted by atomic mass is 16.6. The van der Waals surface area contributed by atoms with Crippen molar-refractivity contribution < 1.29 is 18.9 Å². The molecule has 1 aromatic heterocycles. The maximum Gasteiger partial charge on any atom is 0.336 e. The Hall–Kier alpha value is -3.88. The number of carbonyl (C=O) groups is 1. The van der Waals surface area contributed by atoms with Gasteiger partial charge in [-0.15, -0.1) is 0 Å². The number of nitro benzene ring substituents is 1. The van der Waals surface area contributed by atoms with Crippen molar-refractivity contribution in [1.82, 2.24) is 4.90 Å². The van der Waals surface area contributed by atoms with Crippen molar-refractivity contribution in [2.45, 2.75) is 0 Å². The Kier molecular flexibility index (Phi) is 5.34. The molecular weight excluding hydrogens is 390 g/mol. The fourth-order valence-corrected chi connectivity index (χ4v) is 3.45. The minimum atomic E-state index is -0.452. The first-order chi connectivity index (χ1) is 14.5. The first kappa shape index (κ1) is 19.4. The van der Waals surface area contributed by atoms with Gasteiger partial charge in [0.1, 0.15) is 17.0 Å². The van der Waals surface area contributed by atoms with Crippen molar-refractivity contribution in [3.8, 4) is 5.75 Å². The Morgan fingerprint density at radius 3 is 2.57 bits per heavy atom. The molecule has 2 aromatic carbocycles. The van der Waals surface area contributed by atoms with E-state index in [1.807, 2.05) is 4.90 Å². The maximum atomic E-state index is 12.5. The van der Waals surface area contributed by atoms with Gasteiger partial charge in [0.25, 0.3) is 11.6 Å². The molecule has 0 unspecified atom stereocenters. The molecule has 0 bridgehead atoms. The molecule has 0 N–H and O–H groups in total. The van der Waals surface area contributed by atoms with Crippen molar-refractivity contribution in [2.75, 3.05) is 37.7 Å². The van der Waals surface area contributed by atoms with E-state index in [2.05, 4.69) is 0 Å². The lowest BCUT2D eigenvalue weighted by Crippen LogP contribution is -2.50. The van der Waals surface area contributed by atoms with E-state index in [1.165, 1.54) is 12.1 Å². The zero-order valence-electron chi connectivity index (χ0n) is 16.0. The predicted molar refractivity (Wildman–Crippen MR) is 110 cm³/mol. The van der Waals surface area contributed by atoms with Crippen molar-refractivity contribution in [1.29, 1.82) is 0 Å². The van der Waals surface area contributed by atoms with Gasteiger partial charge in [-0.25, -0.2) is 4.79 Å². The largest absolute Gasteiger partial charge is 0.484 e. The third kappa shape index (κ3) is 4.09. The van der Waals surface area contributed by atoms with E-state index >= 15 is 0 Å². The molecule has 3 aromatic rings. The monoisotopic (exact) mass is 409 g/mol. The molecule has 0 aliphatic carbocycles. The van der Waals surface area contributed by atoms with Crippen LogP contribution in [-0.2, 0) is 4.79 Å². The number of hydrogen-bond acceptors (Lipinski definition) is 7. The highest BCUT2D eigenvalue weighted by Crippen LogP contribution is 2.28. The summed E-state index contributed by atoms with van der Waals surface area (Å²) >= 11 is 0. The normalized spacial score (nSPS) is 14.0. The fourth-order valence-electron chi connectivity index (χ4n) is 3.45. The number of ether oxygens (including phenoxy) is 1. The number of hydrogen-bond donors (Lipinski definition) is 0. The number of para-hydroxylation sites is 2. The average molecular weight is 409 g/mol. The quantitative estimate of drug-likeness (QED) is 0.362. The molecule has 1 aliphatic rings. The summed E-state index contributed by atoms with van der Waals surface area (Å²) in [5.74, 6) is 0.260. The Balaban J connectivity index is 1.35. The first-order valence-corrected chi connectivity index (χ1v) is 9.44. The highest BCUT2D eigenvalue weighted by Gasteiger charge is 2.25. The summed E-state index contributed by atoms with van der Waals surface area (Å²) in [6, 6.07) is 14.6. The van der Waals surface area contributed by atoms with Crippen molar-refractivity contribution in [2.24, 2.45) is 0 Å². The molecule has 154 valence electrons. The number of amides is 1. The van der Waals surface area contributed by atoms with Gasteiger partial charge in [-0.3, -0.25) is 14.9 Å². The summed E-state index contributed by atoms with van der Waals surface area (Å²) < 4.78 is 10.7. The number of piperazine rings is 1. The van der Waals surface area contributed by atoms with Crippen LogP contribution >= 0.6 is 0 Å². The Morgan fingerprint density at radius 2 is 1.80 bits per heavy atom. The van der Waals surface area contributed by atoms with Gasteiger partial charge in [0, 0.05) is 49.8 Å². The van der Waals surface area contributed by atoms with E-state index in [4.69, 9.17) is 9.15 Å². The van der Waals surface area contributed by atoms with Crippen molar-refractivity contribution in [3.63, 3.8) is 0 Å². The molecule has 0 spiro atoms. The number of anilines is 1. The lowest BCUT2D eigenvalue weighted by molar-refractivity contribution is -0.384. The average Bonchev–Trinajstić information content (AvgIpc) is 2.77. The van der Waals surface area contributed by atoms with E-state index in [-0.39, 0.29) is 18.2 Å². The molecule has 1 amide bonds. The zero-order chi connectivity index (χ0) is 21.1. The lowest BCUT2D eigenvalue weighted by Gasteiger charge is -2.35. The summed E-state index contributed by atoms with van der Waals surface area (Å²) in [7, 11) is 0. The molecule has 2 heterocycles. The Bertz CT molecular complexity index is 1150. The van der Waals surface area contributed by atoms with Gasteiger partial charge in [0.05, 0.1) is 4.92 Å². The summed E-state index contributed by atoms with van der Waals surface area (Å²) in [6.45, 7) is 1.74. The van der Waals surface area contributed by atoms with Crippen LogP contribution in [0.5, 0.6) is 5.75 Å². The summed E-state index contributed by atoms with van der Waals surface area (Å²) in [4.78, 5) is 38.3. The second-order valence-corrected chi connectivity index (χ2v) is 6.86. The van der Waals surface area contributed by atoms with Gasteiger partial charge in [0.15, 0.2) is 6.61 Å². The third-order valence-electron chi connectivity index (χ3n) is 5.01. The lowest BCUT2D eigenvalue weighted by atomic mass is 10.2. The number of benzene rings is 2. The van der Waals surface area contributed by atoms with Crippen LogP contribution in [0.1, 0.15) is 0 Å². The number of fused-ring (bicyclic) bond motifs is 1. The molecule has 4 rings (SSSR count). The van der Waals surface area contributed by atoms with Gasteiger partial charge in [-0.05, 0) is 24.3 Å². The van der Waals surface area contributed by atoms with E-state index in [9.17, 15) is 19.7 Å². The van der Waals surface area contributed by atoms with Crippen LogP contribution in [0.4, 0.5) is 11.4 Å². The number of carbonyl (C=O) groups excluding carboxylic acids is 1. The summed E-state index contributed by atoms with van der Waals surface area (Å²) in [6.07, 6.45) is 0. The molecule has 1 aliphatic heterocycles. The van der Waals surface area contributed by atoms with Crippen LogP contribution in [0.15, 0.2) is 63.8 Å². The van der Waals surface area contributed by atoms with E-state index in [0.29, 0.717) is 43.2 Å². The van der Waals surface area contributed by atoms with E-state index in [1.54, 1.807) is 47.4 Å².